The Labute approximate surface area is 195 Å². The molecule has 1 amide bonds. The maximum atomic E-state index is 13.6. The molecule has 0 aliphatic heterocycles. The fourth-order valence-corrected chi connectivity index (χ4v) is 5.51. The molecule has 2 aromatic carbocycles. The average Bonchev–Trinajstić information content (AvgIpc) is 3.45. The predicted octanol–water partition coefficient (Wildman–Crippen LogP) is 4.90. The van der Waals surface area contributed by atoms with Crippen LogP contribution in [0.2, 0.25) is 0 Å². The molecule has 10 heteroatoms. The van der Waals surface area contributed by atoms with E-state index in [4.69, 9.17) is 4.42 Å². The lowest BCUT2D eigenvalue weighted by atomic mass is 10.2. The van der Waals surface area contributed by atoms with Crippen molar-refractivity contribution in [1.29, 1.82) is 0 Å². The highest BCUT2D eigenvalue weighted by molar-refractivity contribution is 7.89. The number of carbonyl (C=O) groups excluding carboxylic acids is 1. The number of rotatable bonds is 7. The number of amides is 1. The highest BCUT2D eigenvalue weighted by Crippen LogP contribution is 2.31. The molecule has 0 N–H and O–H groups in total. The van der Waals surface area contributed by atoms with E-state index in [1.54, 1.807) is 32.0 Å². The summed E-state index contributed by atoms with van der Waals surface area (Å²) in [6, 6.07) is 13.3. The Kier molecular flexibility index (Phi) is 6.33. The Bertz CT molecular complexity index is 1380. The number of thiazole rings is 1. The Morgan fingerprint density at radius 3 is 2.52 bits per heavy atom. The summed E-state index contributed by atoms with van der Waals surface area (Å²) < 4.78 is 46.4. The minimum absolute atomic E-state index is 0.100. The van der Waals surface area contributed by atoms with Crippen molar-refractivity contribution in [3.63, 3.8) is 0 Å². The van der Waals surface area contributed by atoms with E-state index in [0.717, 1.165) is 0 Å². The van der Waals surface area contributed by atoms with Gasteiger partial charge >= 0.3 is 0 Å². The smallest absolute Gasteiger partial charge is 0.260 e. The van der Waals surface area contributed by atoms with E-state index < -0.39 is 10.0 Å². The van der Waals surface area contributed by atoms with Gasteiger partial charge in [0.15, 0.2) is 5.13 Å². The van der Waals surface area contributed by atoms with Crippen LogP contribution in [0.3, 0.4) is 0 Å². The van der Waals surface area contributed by atoms with Crippen LogP contribution in [-0.2, 0) is 16.6 Å². The molecule has 0 saturated carbocycles. The van der Waals surface area contributed by atoms with E-state index in [2.05, 4.69) is 4.98 Å². The Morgan fingerprint density at radius 2 is 1.88 bits per heavy atom. The maximum Gasteiger partial charge on any atom is 0.260 e. The molecule has 2 heterocycles. The second-order valence-electron chi connectivity index (χ2n) is 7.72. The van der Waals surface area contributed by atoms with Crippen LogP contribution in [0.25, 0.3) is 10.2 Å². The summed E-state index contributed by atoms with van der Waals surface area (Å²) >= 11 is 1.19. The van der Waals surface area contributed by atoms with Crippen LogP contribution in [0.1, 0.15) is 30.0 Å². The highest BCUT2D eigenvalue weighted by atomic mass is 32.2. The van der Waals surface area contributed by atoms with Gasteiger partial charge in [-0.2, -0.15) is 4.31 Å². The van der Waals surface area contributed by atoms with Crippen molar-refractivity contribution < 1.29 is 22.0 Å². The maximum absolute atomic E-state index is 13.6. The van der Waals surface area contributed by atoms with E-state index in [1.165, 1.54) is 70.3 Å². The minimum Gasteiger partial charge on any atom is -0.467 e. The molecule has 172 valence electrons. The largest absolute Gasteiger partial charge is 0.467 e. The number of anilines is 1. The molecule has 0 fully saturated rings. The van der Waals surface area contributed by atoms with Gasteiger partial charge in [0.1, 0.15) is 11.6 Å². The van der Waals surface area contributed by atoms with Gasteiger partial charge in [-0.3, -0.25) is 9.69 Å². The molecule has 2 aromatic heterocycles. The lowest BCUT2D eigenvalue weighted by Crippen LogP contribution is -2.33. The predicted molar refractivity (Wildman–Crippen MR) is 125 cm³/mol. The number of sulfonamides is 1. The molecule has 0 atom stereocenters. The van der Waals surface area contributed by atoms with Gasteiger partial charge in [0.2, 0.25) is 10.0 Å². The number of benzene rings is 2. The number of aromatic nitrogens is 1. The summed E-state index contributed by atoms with van der Waals surface area (Å²) in [6.45, 7) is 3.68. The number of halogens is 1. The van der Waals surface area contributed by atoms with Crippen LogP contribution >= 0.6 is 11.3 Å². The standard InChI is InChI=1S/C23H22FN3O4S2/c1-15(2)26(3)33(29,30)19-9-6-16(7-10-19)22(28)27(14-18-5-4-12-31-18)23-25-20-11-8-17(24)13-21(20)32-23/h4-13,15H,14H2,1-3H3. The first-order valence-electron chi connectivity index (χ1n) is 10.2. The van der Waals surface area contributed by atoms with Crippen LogP contribution in [0.15, 0.2) is 70.2 Å². The second kappa shape index (κ2) is 9.05. The quantitative estimate of drug-likeness (QED) is 0.370. The van der Waals surface area contributed by atoms with Gasteiger partial charge in [0.05, 0.1) is 27.9 Å². The molecule has 7 nitrogen and oxygen atoms in total. The third kappa shape index (κ3) is 4.68. The Morgan fingerprint density at radius 1 is 1.15 bits per heavy atom. The van der Waals surface area contributed by atoms with Gasteiger partial charge < -0.3 is 4.42 Å². The van der Waals surface area contributed by atoms with E-state index >= 15 is 0 Å². The normalized spacial score (nSPS) is 12.1. The third-order valence-corrected chi connectivity index (χ3v) is 8.30. The van der Waals surface area contributed by atoms with Gasteiger partial charge in [-0.05, 0) is 68.4 Å². The van der Waals surface area contributed by atoms with Gasteiger partial charge in [-0.25, -0.2) is 17.8 Å². The third-order valence-electron chi connectivity index (χ3n) is 5.21. The molecule has 0 radical (unpaired) electrons. The number of fused-ring (bicyclic) bond motifs is 1. The number of hydrogen-bond donors (Lipinski definition) is 0. The number of nitrogens with zero attached hydrogens (tertiary/aromatic N) is 3. The van der Waals surface area contributed by atoms with Crippen LogP contribution < -0.4 is 4.90 Å². The molecular formula is C23H22FN3O4S2. The summed E-state index contributed by atoms with van der Waals surface area (Å²) in [5.41, 5.74) is 0.866. The molecule has 4 aromatic rings. The number of carbonyl (C=O) groups is 1. The van der Waals surface area contributed by atoms with Gasteiger partial charge in [-0.1, -0.05) is 11.3 Å². The first-order valence-corrected chi connectivity index (χ1v) is 12.4. The summed E-state index contributed by atoms with van der Waals surface area (Å²) in [4.78, 5) is 19.5. The second-order valence-corrected chi connectivity index (χ2v) is 10.7. The van der Waals surface area contributed by atoms with E-state index in [1.807, 2.05) is 0 Å². The van der Waals surface area contributed by atoms with Crippen LogP contribution in [0.4, 0.5) is 9.52 Å². The molecule has 0 aliphatic rings. The fourth-order valence-electron chi connectivity index (χ4n) is 3.16. The summed E-state index contributed by atoms with van der Waals surface area (Å²) in [7, 11) is -2.15. The van der Waals surface area contributed by atoms with Gasteiger partial charge in [0, 0.05) is 18.7 Å². The lowest BCUT2D eigenvalue weighted by Gasteiger charge is -2.21. The van der Waals surface area contributed by atoms with Gasteiger partial charge in [0.25, 0.3) is 5.91 Å². The van der Waals surface area contributed by atoms with Crippen molar-refractivity contribution in [1.82, 2.24) is 9.29 Å². The van der Waals surface area contributed by atoms with Crippen LogP contribution in [0, 0.1) is 5.82 Å². The molecule has 0 bridgehead atoms. The molecular weight excluding hydrogens is 465 g/mol. The van der Waals surface area contributed by atoms with Crippen molar-refractivity contribution in [3.05, 3.63) is 78.0 Å². The van der Waals surface area contributed by atoms with Crippen molar-refractivity contribution in [2.24, 2.45) is 0 Å². The van der Waals surface area contributed by atoms with E-state index in [0.29, 0.717) is 21.1 Å². The zero-order chi connectivity index (χ0) is 23.8. The summed E-state index contributed by atoms with van der Waals surface area (Å²) in [5.74, 6) is -0.219. The molecule has 0 aliphatic carbocycles. The fraction of sp³-hybridized carbons (Fsp3) is 0.217. The summed E-state index contributed by atoms with van der Waals surface area (Å²) in [5, 5.41) is 0.383. The molecule has 33 heavy (non-hydrogen) atoms. The SMILES string of the molecule is CC(C)N(C)S(=O)(=O)c1ccc(C(=O)N(Cc2ccco2)c2nc3ccc(F)cc3s2)cc1. The molecule has 0 unspecified atom stereocenters. The van der Waals surface area contributed by atoms with E-state index in [-0.39, 0.29) is 34.8 Å². The van der Waals surface area contributed by atoms with E-state index in [9.17, 15) is 17.6 Å². The average molecular weight is 488 g/mol. The van der Waals surface area contributed by atoms with Crippen molar-refractivity contribution >= 4 is 42.6 Å². The Balaban J connectivity index is 1.69. The molecule has 0 spiro atoms. The summed E-state index contributed by atoms with van der Waals surface area (Å²) in [6.07, 6.45) is 1.51. The monoisotopic (exact) mass is 487 g/mol. The zero-order valence-corrected chi connectivity index (χ0v) is 19.9. The van der Waals surface area contributed by atoms with Crippen LogP contribution in [0.5, 0.6) is 0 Å². The first kappa shape index (κ1) is 23.1. The topological polar surface area (TPSA) is 83.7 Å². The molecule has 0 saturated heterocycles. The molecule has 4 rings (SSSR count). The zero-order valence-electron chi connectivity index (χ0n) is 18.2. The first-order chi connectivity index (χ1) is 15.7. The van der Waals surface area contributed by atoms with Crippen molar-refractivity contribution in [2.45, 2.75) is 31.3 Å². The lowest BCUT2D eigenvalue weighted by molar-refractivity contribution is 0.0983. The Hall–Kier alpha value is -3.08. The van der Waals surface area contributed by atoms with Crippen molar-refractivity contribution in [2.75, 3.05) is 11.9 Å². The van der Waals surface area contributed by atoms with Crippen molar-refractivity contribution in [3.8, 4) is 0 Å². The van der Waals surface area contributed by atoms with Gasteiger partial charge in [-0.15, -0.1) is 0 Å². The number of furan rings is 1. The minimum atomic E-state index is -3.67. The van der Waals surface area contributed by atoms with Crippen LogP contribution in [-0.4, -0.2) is 36.7 Å². The highest BCUT2D eigenvalue weighted by Gasteiger charge is 2.26. The number of hydrogen-bond acceptors (Lipinski definition) is 6.